The number of ketones is 1. The van der Waals surface area contributed by atoms with Crippen LogP contribution in [0.15, 0.2) is 0 Å². The van der Waals surface area contributed by atoms with Crippen molar-refractivity contribution in [3.05, 3.63) is 0 Å². The summed E-state index contributed by atoms with van der Waals surface area (Å²) in [7, 11) is 1.53. The predicted molar refractivity (Wildman–Crippen MR) is 82.0 cm³/mol. The van der Waals surface area contributed by atoms with Crippen molar-refractivity contribution in [3.63, 3.8) is 0 Å². The highest BCUT2D eigenvalue weighted by Gasteiger charge is 2.55. The van der Waals surface area contributed by atoms with Gasteiger partial charge in [-0.2, -0.15) is 4.31 Å². The summed E-state index contributed by atoms with van der Waals surface area (Å²) < 4.78 is 18.6. The largest absolute Gasteiger partial charge is 0.385 e. The fraction of sp³-hybridized carbons (Fsp3) is 0.800. The van der Waals surface area contributed by atoms with Gasteiger partial charge in [0.05, 0.1) is 0 Å². The van der Waals surface area contributed by atoms with E-state index in [0.29, 0.717) is 36.0 Å². The van der Waals surface area contributed by atoms with Crippen LogP contribution in [-0.2, 0) is 14.3 Å². The van der Waals surface area contributed by atoms with Gasteiger partial charge < -0.3 is 9.64 Å². The van der Waals surface area contributed by atoms with Crippen LogP contribution in [0, 0.1) is 5.41 Å². The maximum absolute atomic E-state index is 13.0. The summed E-state index contributed by atoms with van der Waals surface area (Å²) in [5, 5.41) is 0. The standard InChI is InChI=1S/C15H21FN2O4S/c1-22-7-4-12-13(20)18(23-16)14(21)17(12)10-8-15(9-10)5-2-11(19)3-6-15/h10,12H,2-9H2,1H3/t12-/m0/s1. The summed E-state index contributed by atoms with van der Waals surface area (Å²) in [6.45, 7) is 0.345. The van der Waals surface area contributed by atoms with E-state index in [2.05, 4.69) is 0 Å². The molecule has 2 aliphatic carbocycles. The molecule has 6 nitrogen and oxygen atoms in total. The predicted octanol–water partition coefficient (Wildman–Crippen LogP) is 2.48. The van der Waals surface area contributed by atoms with E-state index in [1.165, 1.54) is 12.0 Å². The number of methoxy groups -OCH3 is 1. The van der Waals surface area contributed by atoms with E-state index >= 15 is 0 Å². The zero-order valence-corrected chi connectivity index (χ0v) is 13.9. The third-order valence-corrected chi connectivity index (χ3v) is 5.95. The zero-order chi connectivity index (χ0) is 16.6. The lowest BCUT2D eigenvalue weighted by atomic mass is 9.58. The van der Waals surface area contributed by atoms with Gasteiger partial charge in [0, 0.05) is 39.0 Å². The average Bonchev–Trinajstić information content (AvgIpc) is 2.74. The topological polar surface area (TPSA) is 66.9 Å². The van der Waals surface area contributed by atoms with Gasteiger partial charge >= 0.3 is 6.03 Å². The Morgan fingerprint density at radius 2 is 1.91 bits per heavy atom. The summed E-state index contributed by atoms with van der Waals surface area (Å²) in [5.74, 6) is -0.191. The van der Waals surface area contributed by atoms with Gasteiger partial charge in [-0.05, 0) is 31.1 Å². The molecule has 1 saturated heterocycles. The molecule has 0 aromatic carbocycles. The van der Waals surface area contributed by atoms with Crippen molar-refractivity contribution in [1.82, 2.24) is 9.21 Å². The molecule has 1 heterocycles. The summed E-state index contributed by atoms with van der Waals surface area (Å²) in [4.78, 5) is 37.5. The number of urea groups is 1. The van der Waals surface area contributed by atoms with Crippen LogP contribution < -0.4 is 0 Å². The van der Waals surface area contributed by atoms with Crippen molar-refractivity contribution in [1.29, 1.82) is 0 Å². The van der Waals surface area contributed by atoms with E-state index in [0.717, 1.165) is 25.7 Å². The third-order valence-electron chi connectivity index (χ3n) is 5.48. The molecule has 8 heteroatoms. The van der Waals surface area contributed by atoms with E-state index in [4.69, 9.17) is 4.74 Å². The molecule has 0 aromatic rings. The van der Waals surface area contributed by atoms with Crippen LogP contribution in [0.4, 0.5) is 8.68 Å². The molecule has 0 radical (unpaired) electrons. The summed E-state index contributed by atoms with van der Waals surface area (Å²) in [6.07, 6.45) is 4.92. The Hall–Kier alpha value is -1.15. The van der Waals surface area contributed by atoms with Crippen molar-refractivity contribution in [2.24, 2.45) is 5.41 Å². The molecule has 128 valence electrons. The Morgan fingerprint density at radius 1 is 1.26 bits per heavy atom. The first-order chi connectivity index (χ1) is 11.0. The van der Waals surface area contributed by atoms with E-state index in [-0.39, 0.29) is 23.8 Å². The van der Waals surface area contributed by atoms with Crippen molar-refractivity contribution in [2.75, 3.05) is 13.7 Å². The number of rotatable bonds is 5. The van der Waals surface area contributed by atoms with E-state index in [1.807, 2.05) is 0 Å². The van der Waals surface area contributed by atoms with Crippen molar-refractivity contribution in [3.8, 4) is 0 Å². The number of nitrogens with zero attached hydrogens (tertiary/aromatic N) is 2. The highest BCUT2D eigenvalue weighted by atomic mass is 32.2. The van der Waals surface area contributed by atoms with Gasteiger partial charge in [-0.15, -0.1) is 3.89 Å². The van der Waals surface area contributed by atoms with Crippen LogP contribution in [0.25, 0.3) is 0 Å². The molecule has 3 rings (SSSR count). The van der Waals surface area contributed by atoms with Crippen molar-refractivity contribution in [2.45, 2.75) is 57.0 Å². The normalized spacial score (nSPS) is 27.9. The van der Waals surface area contributed by atoms with Gasteiger partial charge in [0.25, 0.3) is 5.91 Å². The van der Waals surface area contributed by atoms with Crippen molar-refractivity contribution >= 4 is 30.1 Å². The first kappa shape index (κ1) is 16.7. The maximum atomic E-state index is 13.0. The number of Topliss-reactive ketones (excluding diaryl/α,β-unsaturated/α-hetero) is 1. The number of imide groups is 1. The lowest BCUT2D eigenvalue weighted by Gasteiger charge is -2.53. The van der Waals surface area contributed by atoms with Gasteiger partial charge in [-0.25, -0.2) is 4.79 Å². The Labute approximate surface area is 139 Å². The fourth-order valence-electron chi connectivity index (χ4n) is 4.16. The number of hydrogen-bond donors (Lipinski definition) is 0. The van der Waals surface area contributed by atoms with Gasteiger partial charge in [0.2, 0.25) is 0 Å². The fourth-order valence-corrected chi connectivity index (χ4v) is 4.50. The molecule has 0 bridgehead atoms. The van der Waals surface area contributed by atoms with Crippen LogP contribution in [-0.4, -0.2) is 52.7 Å². The Bertz CT molecular complexity index is 512. The highest BCUT2D eigenvalue weighted by molar-refractivity contribution is 7.93. The van der Waals surface area contributed by atoms with E-state index in [9.17, 15) is 18.3 Å². The molecule has 23 heavy (non-hydrogen) atoms. The minimum atomic E-state index is -0.640. The Kier molecular flexibility index (Phi) is 4.64. The first-order valence-electron chi connectivity index (χ1n) is 7.97. The van der Waals surface area contributed by atoms with Gasteiger partial charge in [-0.3, -0.25) is 9.59 Å². The van der Waals surface area contributed by atoms with E-state index in [1.54, 1.807) is 0 Å². The lowest BCUT2D eigenvalue weighted by molar-refractivity contribution is -0.128. The average molecular weight is 344 g/mol. The SMILES string of the molecule is COCC[C@H]1C(=O)N(SF)C(=O)N1C1CC2(CCC(=O)CC2)C1. The molecule has 2 saturated carbocycles. The molecule has 1 spiro atoms. The number of amides is 3. The van der Waals surface area contributed by atoms with Gasteiger partial charge in [-0.1, -0.05) is 0 Å². The molecule has 3 amide bonds. The zero-order valence-electron chi connectivity index (χ0n) is 13.1. The van der Waals surface area contributed by atoms with Crippen LogP contribution in [0.5, 0.6) is 0 Å². The molecule has 3 aliphatic rings. The monoisotopic (exact) mass is 344 g/mol. The molecule has 1 atom stereocenters. The number of carbonyl (C=O) groups is 3. The van der Waals surface area contributed by atoms with Gasteiger partial charge in [0.15, 0.2) is 12.3 Å². The Balaban J connectivity index is 1.69. The van der Waals surface area contributed by atoms with Gasteiger partial charge in [0.1, 0.15) is 11.8 Å². The quantitative estimate of drug-likeness (QED) is 0.566. The first-order valence-corrected chi connectivity index (χ1v) is 8.64. The molecular weight excluding hydrogens is 323 g/mol. The lowest BCUT2D eigenvalue weighted by Crippen LogP contribution is -2.55. The summed E-state index contributed by atoms with van der Waals surface area (Å²) >= 11 is -0.324. The number of ether oxygens (including phenoxy) is 1. The van der Waals surface area contributed by atoms with Crippen LogP contribution in [0.1, 0.15) is 44.9 Å². The third kappa shape index (κ3) is 2.87. The second kappa shape index (κ2) is 6.39. The summed E-state index contributed by atoms with van der Waals surface area (Å²) in [6, 6.07) is -1.24. The minimum absolute atomic E-state index is 0.0429. The van der Waals surface area contributed by atoms with Crippen LogP contribution >= 0.6 is 12.3 Å². The van der Waals surface area contributed by atoms with Crippen LogP contribution in [0.3, 0.4) is 0 Å². The molecule has 3 fully saturated rings. The number of carbonyl (C=O) groups excluding carboxylic acids is 3. The second-order valence-corrected chi connectivity index (χ2v) is 7.29. The smallest absolute Gasteiger partial charge is 0.340 e. The second-order valence-electron chi connectivity index (χ2n) is 6.79. The van der Waals surface area contributed by atoms with Crippen molar-refractivity contribution < 1.29 is 23.0 Å². The Morgan fingerprint density at radius 3 is 2.48 bits per heavy atom. The number of hydrogen-bond acceptors (Lipinski definition) is 5. The summed E-state index contributed by atoms with van der Waals surface area (Å²) in [5.41, 5.74) is 0.129. The molecule has 1 aliphatic heterocycles. The maximum Gasteiger partial charge on any atom is 0.340 e. The van der Waals surface area contributed by atoms with E-state index < -0.39 is 18.0 Å². The minimum Gasteiger partial charge on any atom is -0.385 e. The number of halogens is 1. The van der Waals surface area contributed by atoms with Crippen LogP contribution in [0.2, 0.25) is 0 Å². The highest BCUT2D eigenvalue weighted by Crippen LogP contribution is 2.54. The molecule has 0 aromatic heterocycles. The molecule has 0 unspecified atom stereocenters. The molecule has 0 N–H and O–H groups in total. The molecular formula is C15H21FN2O4S.